The Labute approximate surface area is 189 Å². The predicted octanol–water partition coefficient (Wildman–Crippen LogP) is 5.17. The second kappa shape index (κ2) is 8.19. The number of hydrogen-bond acceptors (Lipinski definition) is 4. The molecule has 7 heteroatoms. The number of carbonyl (C=O) groups is 1. The number of nitrogens with zero attached hydrogens (tertiary/aromatic N) is 1. The normalized spacial score (nSPS) is 20.6. The number of amides is 1. The smallest absolute Gasteiger partial charge is 0.251 e. The van der Waals surface area contributed by atoms with E-state index in [1.807, 2.05) is 6.07 Å². The van der Waals surface area contributed by atoms with Gasteiger partial charge in [0.05, 0.1) is 11.0 Å². The third-order valence-electron chi connectivity index (χ3n) is 6.50. The molecule has 2 aromatic carbocycles. The number of hydrogen-bond donors (Lipinski definition) is 2. The summed E-state index contributed by atoms with van der Waals surface area (Å²) < 4.78 is 12.3. The van der Waals surface area contributed by atoms with Gasteiger partial charge in [0.25, 0.3) is 5.91 Å². The van der Waals surface area contributed by atoms with E-state index in [-0.39, 0.29) is 11.9 Å². The summed E-state index contributed by atoms with van der Waals surface area (Å²) in [5.74, 6) is 2.60. The van der Waals surface area contributed by atoms with Crippen molar-refractivity contribution in [2.45, 2.75) is 51.5 Å². The van der Waals surface area contributed by atoms with Gasteiger partial charge >= 0.3 is 0 Å². The number of H-pyrrole nitrogens is 1. The zero-order valence-corrected chi connectivity index (χ0v) is 19.3. The van der Waals surface area contributed by atoms with Gasteiger partial charge in [-0.05, 0) is 68.5 Å². The Kier molecular flexibility index (Phi) is 5.38. The highest BCUT2D eigenvalue weighted by Crippen LogP contribution is 2.35. The third-order valence-corrected chi connectivity index (χ3v) is 7.32. The Bertz CT molecular complexity index is 1160. The van der Waals surface area contributed by atoms with Crippen LogP contribution >= 0.6 is 15.9 Å². The van der Waals surface area contributed by atoms with Crippen molar-refractivity contribution in [2.75, 3.05) is 13.2 Å². The first-order valence-electron chi connectivity index (χ1n) is 10.9. The fourth-order valence-corrected chi connectivity index (χ4v) is 5.13. The van der Waals surface area contributed by atoms with E-state index in [0.717, 1.165) is 47.0 Å². The molecule has 2 unspecified atom stereocenters. The van der Waals surface area contributed by atoms with E-state index in [4.69, 9.17) is 14.5 Å². The number of carbonyl (C=O) groups excluding carboxylic acids is 1. The van der Waals surface area contributed by atoms with Crippen molar-refractivity contribution >= 4 is 32.9 Å². The minimum atomic E-state index is -0.0670. The van der Waals surface area contributed by atoms with Gasteiger partial charge in [-0.15, -0.1) is 0 Å². The molecule has 1 amide bonds. The minimum Gasteiger partial charge on any atom is -0.486 e. The Balaban J connectivity index is 1.31. The van der Waals surface area contributed by atoms with Gasteiger partial charge in [-0.3, -0.25) is 4.79 Å². The number of ether oxygens (including phenoxy) is 2. The van der Waals surface area contributed by atoms with E-state index in [0.29, 0.717) is 36.2 Å². The second-order valence-corrected chi connectivity index (χ2v) is 9.37. The average molecular weight is 484 g/mol. The molecular formula is C24H26BrN3O3. The van der Waals surface area contributed by atoms with E-state index in [1.54, 1.807) is 12.1 Å². The molecule has 6 nitrogen and oxygen atoms in total. The van der Waals surface area contributed by atoms with Crippen LogP contribution in [0.4, 0.5) is 0 Å². The quantitative estimate of drug-likeness (QED) is 0.538. The number of aromatic nitrogens is 2. The van der Waals surface area contributed by atoms with Gasteiger partial charge in [-0.1, -0.05) is 22.4 Å². The first kappa shape index (κ1) is 20.4. The highest BCUT2D eigenvalue weighted by atomic mass is 79.9. The van der Waals surface area contributed by atoms with Crippen LogP contribution in [0.1, 0.15) is 58.9 Å². The van der Waals surface area contributed by atoms with Crippen LogP contribution in [-0.4, -0.2) is 35.1 Å². The van der Waals surface area contributed by atoms with Crippen LogP contribution in [0.25, 0.3) is 11.0 Å². The molecule has 0 spiro atoms. The molecule has 0 saturated heterocycles. The molecule has 5 rings (SSSR count). The predicted molar refractivity (Wildman–Crippen MR) is 123 cm³/mol. The molecule has 31 heavy (non-hydrogen) atoms. The van der Waals surface area contributed by atoms with Gasteiger partial charge in [0.2, 0.25) is 0 Å². The molecule has 1 fully saturated rings. The highest BCUT2D eigenvalue weighted by molar-refractivity contribution is 9.10. The molecule has 0 bridgehead atoms. The van der Waals surface area contributed by atoms with Gasteiger partial charge in [-0.25, -0.2) is 4.98 Å². The highest BCUT2D eigenvalue weighted by Gasteiger charge is 2.27. The minimum absolute atomic E-state index is 0.0670. The Morgan fingerprint density at radius 3 is 2.77 bits per heavy atom. The zero-order valence-electron chi connectivity index (χ0n) is 17.8. The van der Waals surface area contributed by atoms with Gasteiger partial charge in [0.15, 0.2) is 11.5 Å². The van der Waals surface area contributed by atoms with Gasteiger partial charge in [0.1, 0.15) is 19.0 Å². The fourth-order valence-electron chi connectivity index (χ4n) is 4.60. The molecule has 2 aliphatic rings. The number of aryl methyl sites for hydroxylation is 1. The van der Waals surface area contributed by atoms with Crippen molar-refractivity contribution < 1.29 is 14.3 Å². The van der Waals surface area contributed by atoms with Crippen LogP contribution in [0.5, 0.6) is 11.5 Å². The van der Waals surface area contributed by atoms with Crippen LogP contribution < -0.4 is 14.8 Å². The van der Waals surface area contributed by atoms with Crippen molar-refractivity contribution in [2.24, 2.45) is 0 Å². The lowest BCUT2D eigenvalue weighted by molar-refractivity contribution is 0.0923. The third kappa shape index (κ3) is 3.91. The molecule has 2 N–H and O–H groups in total. The summed E-state index contributed by atoms with van der Waals surface area (Å²) in [7, 11) is 0. The maximum atomic E-state index is 12.9. The second-order valence-electron chi connectivity index (χ2n) is 8.52. The van der Waals surface area contributed by atoms with Crippen LogP contribution in [0.15, 0.2) is 28.7 Å². The molecular weight excluding hydrogens is 458 g/mol. The van der Waals surface area contributed by atoms with E-state index in [2.05, 4.69) is 46.1 Å². The summed E-state index contributed by atoms with van der Waals surface area (Å²) in [6.45, 7) is 5.27. The number of benzene rings is 2. The van der Waals surface area contributed by atoms with Crippen LogP contribution in [-0.2, 0) is 0 Å². The maximum Gasteiger partial charge on any atom is 0.251 e. The molecule has 1 aliphatic carbocycles. The molecule has 2 atom stereocenters. The van der Waals surface area contributed by atoms with Gasteiger partial charge in [-0.2, -0.15) is 0 Å². The first-order chi connectivity index (χ1) is 15.0. The summed E-state index contributed by atoms with van der Waals surface area (Å²) in [4.78, 5) is 21.3. The Morgan fingerprint density at radius 1 is 1.13 bits per heavy atom. The topological polar surface area (TPSA) is 76.2 Å². The number of rotatable bonds is 3. The Hall–Kier alpha value is -2.54. The SMILES string of the molecule is Cc1c(Br)cc2[nH]c(C3CCCC(NC(=O)c4ccc5c(c4)OCCO5)C3)nc2c1C. The van der Waals surface area contributed by atoms with E-state index in [9.17, 15) is 4.79 Å². The summed E-state index contributed by atoms with van der Waals surface area (Å²) in [6, 6.07) is 7.61. The lowest BCUT2D eigenvalue weighted by atomic mass is 9.85. The van der Waals surface area contributed by atoms with Crippen LogP contribution in [0.2, 0.25) is 0 Å². The molecule has 1 aliphatic heterocycles. The molecule has 2 heterocycles. The Morgan fingerprint density at radius 2 is 1.94 bits per heavy atom. The van der Waals surface area contributed by atoms with Crippen molar-refractivity contribution in [1.29, 1.82) is 0 Å². The van der Waals surface area contributed by atoms with Gasteiger partial charge < -0.3 is 19.8 Å². The van der Waals surface area contributed by atoms with Crippen molar-refractivity contribution in [1.82, 2.24) is 15.3 Å². The van der Waals surface area contributed by atoms with Crippen molar-refractivity contribution in [3.8, 4) is 11.5 Å². The monoisotopic (exact) mass is 483 g/mol. The van der Waals surface area contributed by atoms with E-state index >= 15 is 0 Å². The summed E-state index contributed by atoms with van der Waals surface area (Å²) in [6.07, 6.45) is 4.01. The standard InChI is InChI=1S/C24H26BrN3O3/c1-13-14(2)22-19(12-18(13)25)27-23(28-22)15-4-3-5-17(10-15)26-24(29)16-6-7-20-21(11-16)31-9-8-30-20/h6-7,11-12,15,17H,3-5,8-10H2,1-2H3,(H,26,29)(H,27,28). The molecule has 162 valence electrons. The number of nitrogens with one attached hydrogen (secondary N) is 2. The maximum absolute atomic E-state index is 12.9. The zero-order chi connectivity index (χ0) is 21.5. The largest absolute Gasteiger partial charge is 0.486 e. The average Bonchev–Trinajstić information content (AvgIpc) is 3.21. The molecule has 1 saturated carbocycles. The molecule has 3 aromatic rings. The van der Waals surface area contributed by atoms with E-state index in [1.165, 1.54) is 11.1 Å². The summed E-state index contributed by atoms with van der Waals surface area (Å²) in [5.41, 5.74) is 5.13. The number of halogens is 1. The lowest BCUT2D eigenvalue weighted by Gasteiger charge is -2.29. The number of imidazole rings is 1. The van der Waals surface area contributed by atoms with Gasteiger partial charge in [0, 0.05) is 22.0 Å². The lowest BCUT2D eigenvalue weighted by Crippen LogP contribution is -2.38. The summed E-state index contributed by atoms with van der Waals surface area (Å²) >= 11 is 3.64. The van der Waals surface area contributed by atoms with Crippen molar-refractivity contribution in [3.63, 3.8) is 0 Å². The fraction of sp³-hybridized carbons (Fsp3) is 0.417. The van der Waals surface area contributed by atoms with Crippen LogP contribution in [0, 0.1) is 13.8 Å². The molecule has 1 aromatic heterocycles. The number of fused-ring (bicyclic) bond motifs is 2. The molecule has 0 radical (unpaired) electrons. The first-order valence-corrected chi connectivity index (χ1v) is 11.6. The number of aromatic amines is 1. The van der Waals surface area contributed by atoms with E-state index < -0.39 is 0 Å². The van der Waals surface area contributed by atoms with Crippen molar-refractivity contribution in [3.05, 3.63) is 51.3 Å². The van der Waals surface area contributed by atoms with Crippen LogP contribution in [0.3, 0.4) is 0 Å². The summed E-state index contributed by atoms with van der Waals surface area (Å²) in [5, 5.41) is 3.22.